The van der Waals surface area contributed by atoms with E-state index in [2.05, 4.69) is 10.1 Å². The molecule has 0 atom stereocenters. The van der Waals surface area contributed by atoms with Gasteiger partial charge in [0.05, 0.1) is 16.1 Å². The first-order chi connectivity index (χ1) is 19.9. The van der Waals surface area contributed by atoms with Gasteiger partial charge in [-0.1, -0.05) is 35.0 Å². The van der Waals surface area contributed by atoms with Gasteiger partial charge in [0.1, 0.15) is 23.7 Å². The summed E-state index contributed by atoms with van der Waals surface area (Å²) in [4.78, 5) is 35.4. The molecule has 1 N–H and O–H groups in total. The number of aromatic nitrogens is 1. The first-order valence-electron chi connectivity index (χ1n) is 13.4. The maximum absolute atomic E-state index is 15.4. The molecule has 0 amide bonds. The summed E-state index contributed by atoms with van der Waals surface area (Å²) in [6.45, 7) is 3.48. The van der Waals surface area contributed by atoms with Crippen LogP contribution in [0.15, 0.2) is 70.1 Å². The number of piperazine rings is 1. The highest BCUT2D eigenvalue weighted by atomic mass is 35.5. The molecule has 1 saturated heterocycles. The van der Waals surface area contributed by atoms with E-state index in [1.54, 1.807) is 17.4 Å². The number of hydrogen-bond donors (Lipinski definition) is 1. The third kappa shape index (κ3) is 6.00. The predicted octanol–water partition coefficient (Wildman–Crippen LogP) is 5.63. The van der Waals surface area contributed by atoms with E-state index in [-0.39, 0.29) is 17.0 Å². The van der Waals surface area contributed by atoms with Crippen LogP contribution in [-0.4, -0.2) is 59.0 Å². The zero-order valence-electron chi connectivity index (χ0n) is 22.1. The first-order valence-corrected chi connectivity index (χ1v) is 14.7. The molecule has 3 heterocycles. The quantitative estimate of drug-likeness (QED) is 0.200. The summed E-state index contributed by atoms with van der Waals surface area (Å²) < 4.78 is 17.2. The summed E-state index contributed by atoms with van der Waals surface area (Å²) in [6, 6.07) is 14.5. The number of hydrogen-bond acceptors (Lipinski definition) is 7. The van der Waals surface area contributed by atoms with Gasteiger partial charge in [-0.15, -0.1) is 11.3 Å². The van der Waals surface area contributed by atoms with Gasteiger partial charge < -0.3 is 19.4 Å². The summed E-state index contributed by atoms with van der Waals surface area (Å²) in [5.41, 5.74) is 1.82. The van der Waals surface area contributed by atoms with E-state index in [1.807, 2.05) is 51.2 Å². The lowest BCUT2D eigenvalue weighted by molar-refractivity contribution is 0.0695. The van der Waals surface area contributed by atoms with Gasteiger partial charge in [-0.05, 0) is 54.1 Å². The predicted molar refractivity (Wildman–Crippen MR) is 159 cm³/mol. The minimum absolute atomic E-state index is 0.104. The van der Waals surface area contributed by atoms with Crippen molar-refractivity contribution in [2.45, 2.75) is 25.5 Å². The Labute approximate surface area is 244 Å². The smallest absolute Gasteiger partial charge is 0.341 e. The molecule has 2 aromatic heterocycles. The number of nitrogens with zero attached hydrogens (tertiary/aromatic N) is 4. The normalized spacial score (nSPS) is 16.3. The molecule has 11 heteroatoms. The van der Waals surface area contributed by atoms with E-state index in [0.717, 1.165) is 29.0 Å². The number of fused-ring (bicyclic) bond motifs is 1. The summed E-state index contributed by atoms with van der Waals surface area (Å²) in [5.74, 6) is -1.82. The summed E-state index contributed by atoms with van der Waals surface area (Å²) in [5, 5.41) is 16.7. The van der Waals surface area contributed by atoms with Crippen molar-refractivity contribution in [1.82, 2.24) is 9.47 Å². The van der Waals surface area contributed by atoms with Gasteiger partial charge in [-0.25, -0.2) is 9.18 Å². The average molecular weight is 595 g/mol. The number of carboxylic acids is 1. The van der Waals surface area contributed by atoms with Crippen molar-refractivity contribution >= 4 is 51.2 Å². The number of benzene rings is 2. The number of aromatic carboxylic acids is 1. The van der Waals surface area contributed by atoms with Gasteiger partial charge in [0.2, 0.25) is 5.43 Å². The molecular formula is C30H28ClFN4O4S. The molecule has 2 aromatic carbocycles. The maximum atomic E-state index is 15.4. The topological polar surface area (TPSA) is 87.4 Å². The molecule has 0 spiro atoms. The van der Waals surface area contributed by atoms with Crippen LogP contribution in [0, 0.1) is 5.82 Å². The number of carbonyl (C=O) groups is 1. The fraction of sp³-hybridized carbons (Fsp3) is 0.300. The Morgan fingerprint density at radius 3 is 2.54 bits per heavy atom. The average Bonchev–Trinajstić information content (AvgIpc) is 3.66. The van der Waals surface area contributed by atoms with Gasteiger partial charge in [0.25, 0.3) is 0 Å². The molecule has 1 aliphatic heterocycles. The van der Waals surface area contributed by atoms with Gasteiger partial charge in [-0.3, -0.25) is 9.69 Å². The highest BCUT2D eigenvalue weighted by Gasteiger charge is 2.29. The lowest BCUT2D eigenvalue weighted by atomic mass is 10.1. The van der Waals surface area contributed by atoms with Crippen LogP contribution in [0.3, 0.4) is 0 Å². The number of thiophene rings is 1. The molecule has 0 radical (unpaired) electrons. The number of rotatable bonds is 9. The Hall–Kier alpha value is -3.73. The zero-order valence-corrected chi connectivity index (χ0v) is 23.7. The van der Waals surface area contributed by atoms with Gasteiger partial charge in [-0.2, -0.15) is 0 Å². The highest BCUT2D eigenvalue weighted by Crippen LogP contribution is 2.38. The molecule has 2 aliphatic rings. The highest BCUT2D eigenvalue weighted by molar-refractivity contribution is 7.12. The minimum Gasteiger partial charge on any atom is -0.477 e. The second-order valence-electron chi connectivity index (χ2n) is 10.3. The summed E-state index contributed by atoms with van der Waals surface area (Å²) >= 11 is 7.57. The third-order valence-electron chi connectivity index (χ3n) is 7.48. The van der Waals surface area contributed by atoms with Crippen LogP contribution in [0.2, 0.25) is 5.02 Å². The number of pyridine rings is 1. The fourth-order valence-electron chi connectivity index (χ4n) is 5.13. The van der Waals surface area contributed by atoms with Crippen LogP contribution < -0.4 is 10.3 Å². The Morgan fingerprint density at radius 2 is 1.88 bits per heavy atom. The molecule has 6 rings (SSSR count). The minimum atomic E-state index is -1.30. The second-order valence-corrected chi connectivity index (χ2v) is 11.7. The lowest BCUT2D eigenvalue weighted by Gasteiger charge is -2.36. The van der Waals surface area contributed by atoms with Crippen molar-refractivity contribution in [3.63, 3.8) is 0 Å². The van der Waals surface area contributed by atoms with Crippen molar-refractivity contribution in [3.8, 4) is 0 Å². The van der Waals surface area contributed by atoms with Crippen molar-refractivity contribution in [2.24, 2.45) is 5.16 Å². The molecule has 1 saturated carbocycles. The van der Waals surface area contributed by atoms with Crippen LogP contribution in [0.1, 0.15) is 39.7 Å². The van der Waals surface area contributed by atoms with Crippen LogP contribution in [0.5, 0.6) is 0 Å². The first kappa shape index (κ1) is 27.4. The SMILES string of the molecule is O=C(O)c1cn(C2CC2)c2cc(N3CCN(C/C(=N/OCc4ccc(Cl)cc4)c4cccs4)CC3)c(F)cc2c1=O. The zero-order chi connectivity index (χ0) is 28.5. The molecular weight excluding hydrogens is 567 g/mol. The van der Waals surface area contributed by atoms with Crippen molar-refractivity contribution in [1.29, 1.82) is 0 Å². The molecule has 0 unspecified atom stereocenters. The van der Waals surface area contributed by atoms with E-state index < -0.39 is 17.2 Å². The number of carboxylic acid groups (broad SMARTS) is 1. The molecule has 212 valence electrons. The Balaban J connectivity index is 1.17. The van der Waals surface area contributed by atoms with Crippen LogP contribution in [-0.2, 0) is 11.4 Å². The lowest BCUT2D eigenvalue weighted by Crippen LogP contribution is -2.48. The molecule has 0 bridgehead atoms. The van der Waals surface area contributed by atoms with E-state index in [1.165, 1.54) is 12.3 Å². The molecule has 41 heavy (non-hydrogen) atoms. The number of halogens is 2. The summed E-state index contributed by atoms with van der Waals surface area (Å²) in [6.07, 6.45) is 3.21. The van der Waals surface area contributed by atoms with Gasteiger partial charge >= 0.3 is 5.97 Å². The van der Waals surface area contributed by atoms with Gasteiger partial charge in [0.15, 0.2) is 0 Å². The molecule has 2 fully saturated rings. The van der Waals surface area contributed by atoms with Gasteiger partial charge in [0, 0.05) is 55.4 Å². The van der Waals surface area contributed by atoms with Crippen LogP contribution >= 0.6 is 22.9 Å². The van der Waals surface area contributed by atoms with Crippen molar-refractivity contribution < 1.29 is 19.1 Å². The van der Waals surface area contributed by atoms with E-state index in [4.69, 9.17) is 16.4 Å². The Bertz CT molecular complexity index is 1660. The molecule has 8 nitrogen and oxygen atoms in total. The Kier molecular flexibility index (Phi) is 7.79. The number of oxime groups is 1. The third-order valence-corrected chi connectivity index (χ3v) is 8.65. The van der Waals surface area contributed by atoms with E-state index in [9.17, 15) is 14.7 Å². The monoisotopic (exact) mass is 594 g/mol. The summed E-state index contributed by atoms with van der Waals surface area (Å²) in [7, 11) is 0. The fourth-order valence-corrected chi connectivity index (χ4v) is 5.95. The molecule has 1 aliphatic carbocycles. The largest absolute Gasteiger partial charge is 0.477 e. The van der Waals surface area contributed by atoms with E-state index in [0.29, 0.717) is 55.6 Å². The Morgan fingerprint density at radius 1 is 1.12 bits per heavy atom. The standard InChI is InChI=1S/C30H28ClFN4O4S/c31-20-5-3-19(4-6-20)18-40-33-25(28-2-1-13-41-28)17-34-9-11-35(12-10-34)27-15-26-22(14-24(27)32)29(37)23(30(38)39)16-36(26)21-7-8-21/h1-6,13-16,21H,7-12,17-18H2,(H,38,39)/b33-25-. The van der Waals surface area contributed by atoms with Crippen molar-refractivity contribution in [3.05, 3.63) is 97.2 Å². The number of anilines is 1. The van der Waals surface area contributed by atoms with Crippen LogP contribution in [0.4, 0.5) is 10.1 Å². The van der Waals surface area contributed by atoms with E-state index >= 15 is 4.39 Å². The maximum Gasteiger partial charge on any atom is 0.341 e. The van der Waals surface area contributed by atoms with Crippen molar-refractivity contribution in [2.75, 3.05) is 37.6 Å². The molecule has 4 aromatic rings. The van der Waals surface area contributed by atoms with Crippen LogP contribution in [0.25, 0.3) is 10.9 Å². The second kappa shape index (κ2) is 11.6.